The van der Waals surface area contributed by atoms with Crippen LogP contribution in [0.2, 0.25) is 0 Å². The average Bonchev–Trinajstić information content (AvgIpc) is 2.87. The number of hydrogen-bond acceptors (Lipinski definition) is 6. The van der Waals surface area contributed by atoms with Gasteiger partial charge >= 0.3 is 5.97 Å². The van der Waals surface area contributed by atoms with E-state index in [0.29, 0.717) is 12.8 Å². The third-order valence-corrected chi connectivity index (χ3v) is 14.0. The van der Waals surface area contributed by atoms with Crippen LogP contribution in [0.5, 0.6) is 0 Å². The van der Waals surface area contributed by atoms with E-state index in [1.54, 1.807) is 6.08 Å². The maximum Gasteiger partial charge on any atom is 0.312 e. The molecule has 41 heavy (non-hydrogen) atoms. The highest BCUT2D eigenvalue weighted by molar-refractivity contribution is 9.09. The first kappa shape index (κ1) is 34.0. The molecule has 6 nitrogen and oxygen atoms in total. The first-order valence-electron chi connectivity index (χ1n) is 15.2. The molecule has 230 valence electrons. The summed E-state index contributed by atoms with van der Waals surface area (Å²) in [5, 5.41) is 21.6. The number of aliphatic hydroxyl groups is 1. The van der Waals surface area contributed by atoms with Crippen LogP contribution in [-0.4, -0.2) is 40.2 Å². The zero-order chi connectivity index (χ0) is 31.6. The summed E-state index contributed by atoms with van der Waals surface area (Å²) in [5.74, 6) is -0.727. The Morgan fingerprint density at radius 3 is 2.22 bits per heavy atom. The molecule has 7 atom stereocenters. The number of ketones is 2. The van der Waals surface area contributed by atoms with Gasteiger partial charge in [0.1, 0.15) is 6.07 Å². The molecule has 0 amide bonds. The van der Waals surface area contributed by atoms with E-state index in [0.717, 1.165) is 37.7 Å². The quantitative estimate of drug-likeness (QED) is 0.142. The Bertz CT molecular complexity index is 1180. The lowest BCUT2D eigenvalue weighted by Gasteiger charge is -2.65. The highest BCUT2D eigenvalue weighted by atomic mass is 79.9. The van der Waals surface area contributed by atoms with Crippen LogP contribution in [0.4, 0.5) is 0 Å². The maximum atomic E-state index is 13.5. The third kappa shape index (κ3) is 4.97. The van der Waals surface area contributed by atoms with Crippen molar-refractivity contribution in [1.82, 2.24) is 0 Å². The Balaban J connectivity index is 2.13. The Morgan fingerprint density at radius 1 is 1.15 bits per heavy atom. The number of methoxy groups -OCH3 is 1. The van der Waals surface area contributed by atoms with Crippen molar-refractivity contribution in [3.63, 3.8) is 0 Å². The number of nitrogens with zero attached hydrogens (tertiary/aromatic N) is 1. The van der Waals surface area contributed by atoms with E-state index >= 15 is 0 Å². The predicted octanol–water partition coefficient (Wildman–Crippen LogP) is 7.36. The molecule has 0 aromatic carbocycles. The Morgan fingerprint density at radius 2 is 1.73 bits per heavy atom. The molecule has 3 aliphatic rings. The minimum atomic E-state index is -2.23. The predicted molar refractivity (Wildman–Crippen MR) is 164 cm³/mol. The zero-order valence-corrected chi connectivity index (χ0v) is 28.8. The molecular weight excluding hydrogens is 582 g/mol. The second-order valence-electron chi connectivity index (χ2n) is 16.0. The van der Waals surface area contributed by atoms with Gasteiger partial charge in [-0.2, -0.15) is 5.26 Å². The van der Waals surface area contributed by atoms with Crippen molar-refractivity contribution >= 4 is 33.5 Å². The van der Waals surface area contributed by atoms with Crippen molar-refractivity contribution in [2.24, 2.45) is 44.3 Å². The molecular formula is C34H52BrNO5. The van der Waals surface area contributed by atoms with E-state index < -0.39 is 37.9 Å². The van der Waals surface area contributed by atoms with Crippen molar-refractivity contribution in [3.8, 4) is 6.07 Å². The van der Waals surface area contributed by atoms with Gasteiger partial charge in [-0.3, -0.25) is 14.4 Å². The van der Waals surface area contributed by atoms with Crippen LogP contribution in [-0.2, 0) is 19.1 Å². The zero-order valence-electron chi connectivity index (χ0n) is 27.2. The summed E-state index contributed by atoms with van der Waals surface area (Å²) >= 11 is 3.66. The van der Waals surface area contributed by atoms with Gasteiger partial charge in [-0.05, 0) is 86.0 Å². The topological polar surface area (TPSA) is 104 Å². The second-order valence-corrected chi connectivity index (χ2v) is 16.9. The Hall–Kier alpha value is -1.52. The summed E-state index contributed by atoms with van der Waals surface area (Å²) < 4.78 is 5.42. The molecule has 3 rings (SSSR count). The number of alkyl halides is 1. The lowest BCUT2D eigenvalue weighted by molar-refractivity contribution is -0.166. The van der Waals surface area contributed by atoms with Crippen LogP contribution in [0.25, 0.3) is 0 Å². The minimum Gasteiger partial charge on any atom is -0.469 e. The molecule has 0 aliphatic heterocycles. The van der Waals surface area contributed by atoms with Crippen molar-refractivity contribution in [2.45, 2.75) is 125 Å². The van der Waals surface area contributed by atoms with Gasteiger partial charge < -0.3 is 9.84 Å². The fourth-order valence-electron chi connectivity index (χ4n) is 9.33. The number of nitriles is 1. The van der Waals surface area contributed by atoms with Crippen LogP contribution >= 0.6 is 15.9 Å². The summed E-state index contributed by atoms with van der Waals surface area (Å²) in [6, 6.07) is 1.93. The monoisotopic (exact) mass is 633 g/mol. The molecule has 0 aromatic rings. The van der Waals surface area contributed by atoms with E-state index in [4.69, 9.17) is 4.74 Å². The van der Waals surface area contributed by atoms with Crippen LogP contribution in [0.15, 0.2) is 11.6 Å². The standard InChI is InChI=1S/C34H52BrNO5/c1-21-19-28(3,4)14-16-33(21,27(39)41-11)17-15-29(5,6)31(9)13-12-23-30(7,8)26(38)34(40,20-36)25(35)32(23,10)24(31)18-22(2)37/h18,21,23,25,40H,12-17,19H2,1-11H3/b24-18+/t21-,23-,25?,31+,32-,33-,34?/m0/s1. The lowest BCUT2D eigenvalue weighted by Crippen LogP contribution is -2.70. The SMILES string of the molecule is COC(=O)[C@]1(CCC(C)(C)[C@]2(C)CC[C@H]3C(C)(C)C(=O)C(O)(C#N)C(Br)[C@]3(C)/C2=C/C(C)=O)CCC(C)(C)C[C@@H]1C. The van der Waals surface area contributed by atoms with Crippen LogP contribution in [0.1, 0.15) is 114 Å². The summed E-state index contributed by atoms with van der Waals surface area (Å²) in [6.45, 7) is 20.5. The smallest absolute Gasteiger partial charge is 0.312 e. The van der Waals surface area contributed by atoms with Gasteiger partial charge in [0.15, 0.2) is 11.6 Å². The van der Waals surface area contributed by atoms with Crippen LogP contribution in [0.3, 0.4) is 0 Å². The van der Waals surface area contributed by atoms with E-state index in [2.05, 4.69) is 57.5 Å². The summed E-state index contributed by atoms with van der Waals surface area (Å²) in [5.41, 5.74) is -4.43. The number of fused-ring (bicyclic) bond motifs is 1. The molecule has 2 unspecified atom stereocenters. The number of rotatable bonds is 6. The largest absolute Gasteiger partial charge is 0.469 e. The average molecular weight is 635 g/mol. The normalized spacial score (nSPS) is 41.3. The third-order valence-electron chi connectivity index (χ3n) is 12.4. The molecule has 7 heteroatoms. The molecule has 0 saturated heterocycles. The number of allylic oxidation sites excluding steroid dienone is 2. The first-order chi connectivity index (χ1) is 18.5. The van der Waals surface area contributed by atoms with Gasteiger partial charge in [0.2, 0.25) is 5.60 Å². The molecule has 0 heterocycles. The van der Waals surface area contributed by atoms with Gasteiger partial charge in [-0.1, -0.05) is 83.8 Å². The second kappa shape index (κ2) is 10.6. The summed E-state index contributed by atoms with van der Waals surface area (Å²) in [7, 11) is 1.48. The van der Waals surface area contributed by atoms with Crippen molar-refractivity contribution in [1.29, 1.82) is 5.26 Å². The molecule has 0 aromatic heterocycles. The van der Waals surface area contributed by atoms with Crippen molar-refractivity contribution in [3.05, 3.63) is 11.6 Å². The number of ether oxygens (including phenoxy) is 1. The van der Waals surface area contributed by atoms with E-state index in [1.807, 2.05) is 26.8 Å². The fourth-order valence-corrected chi connectivity index (χ4v) is 10.2. The van der Waals surface area contributed by atoms with Gasteiger partial charge in [-0.25, -0.2) is 0 Å². The van der Waals surface area contributed by atoms with E-state index in [-0.39, 0.29) is 34.4 Å². The van der Waals surface area contributed by atoms with Gasteiger partial charge in [0, 0.05) is 10.8 Å². The fraction of sp³-hybridized carbons (Fsp3) is 0.824. The molecule has 0 radical (unpaired) electrons. The Kier molecular flexibility index (Phi) is 8.77. The van der Waals surface area contributed by atoms with Gasteiger partial charge in [0.05, 0.1) is 17.4 Å². The number of esters is 1. The Labute approximate surface area is 256 Å². The lowest BCUT2D eigenvalue weighted by atomic mass is 9.39. The highest BCUT2D eigenvalue weighted by Gasteiger charge is 2.71. The van der Waals surface area contributed by atoms with E-state index in [1.165, 1.54) is 14.0 Å². The molecule has 0 bridgehead atoms. The number of carbonyl (C=O) groups is 3. The van der Waals surface area contributed by atoms with Gasteiger partial charge in [-0.15, -0.1) is 0 Å². The summed E-state index contributed by atoms with van der Waals surface area (Å²) in [4.78, 5) is 38.9. The maximum absolute atomic E-state index is 13.5. The molecule has 3 saturated carbocycles. The first-order valence-corrected chi connectivity index (χ1v) is 16.1. The number of halogens is 1. The summed E-state index contributed by atoms with van der Waals surface area (Å²) in [6.07, 6.45) is 7.26. The highest BCUT2D eigenvalue weighted by Crippen LogP contribution is 2.70. The van der Waals surface area contributed by atoms with Gasteiger partial charge in [0.25, 0.3) is 0 Å². The number of hydrogen-bond donors (Lipinski definition) is 1. The minimum absolute atomic E-state index is 0.104. The molecule has 1 N–H and O–H groups in total. The van der Waals surface area contributed by atoms with Crippen LogP contribution in [0, 0.1) is 55.7 Å². The van der Waals surface area contributed by atoms with Crippen molar-refractivity contribution < 1.29 is 24.2 Å². The molecule has 3 fully saturated rings. The number of carbonyl (C=O) groups excluding carboxylic acids is 3. The van der Waals surface area contributed by atoms with E-state index in [9.17, 15) is 24.8 Å². The molecule has 3 aliphatic carbocycles. The number of Topliss-reactive ketones (excluding diaryl/α,β-unsaturated/α-hetero) is 1. The van der Waals surface area contributed by atoms with Crippen molar-refractivity contribution in [2.75, 3.05) is 7.11 Å². The van der Waals surface area contributed by atoms with Crippen LogP contribution < -0.4 is 0 Å². The molecule has 0 spiro atoms.